The van der Waals surface area contributed by atoms with Gasteiger partial charge in [-0.2, -0.15) is 4.68 Å². The van der Waals surface area contributed by atoms with Gasteiger partial charge >= 0.3 is 5.97 Å². The minimum Gasteiger partial charge on any atom is -0.466 e. The topological polar surface area (TPSA) is 60.6 Å². The summed E-state index contributed by atoms with van der Waals surface area (Å²) in [5.41, 5.74) is 3.53. The Hall–Kier alpha value is -1.77. The molecular formula is C19H27N4O2S2+. The van der Waals surface area contributed by atoms with Crippen LogP contribution in [0.2, 0.25) is 0 Å². The first kappa shape index (κ1) is 20.0. The number of hydrogen-bond acceptors (Lipinski definition) is 6. The van der Waals surface area contributed by atoms with Gasteiger partial charge in [-0.25, -0.2) is 0 Å². The van der Waals surface area contributed by atoms with Crippen molar-refractivity contribution in [3.05, 3.63) is 33.3 Å². The fourth-order valence-corrected chi connectivity index (χ4v) is 4.37. The highest BCUT2D eigenvalue weighted by molar-refractivity contribution is 7.73. The summed E-state index contributed by atoms with van der Waals surface area (Å²) in [5, 5.41) is 8.87. The number of aromatic nitrogens is 2. The molecule has 27 heavy (non-hydrogen) atoms. The fraction of sp³-hybridized carbons (Fsp3) is 0.526. The van der Waals surface area contributed by atoms with Crippen LogP contribution < -0.4 is 10.2 Å². The van der Waals surface area contributed by atoms with Crippen molar-refractivity contribution in [2.24, 2.45) is 5.92 Å². The standard InChI is InChI=1S/C19H26N4O2S2/c1-4-25-17(24)15-8-10-22(11-9-15)12-23-19(26)27-18(21-23)20-16-7-5-6-13(2)14(16)3/h5-7,15H,4,8-12H2,1-3H3,(H,20,21)/p+1. The van der Waals surface area contributed by atoms with Gasteiger partial charge in [-0.15, -0.1) is 5.10 Å². The summed E-state index contributed by atoms with van der Waals surface area (Å²) in [6, 6.07) is 6.20. The second-order valence-corrected chi connectivity index (χ2v) is 8.60. The van der Waals surface area contributed by atoms with Crippen LogP contribution in [-0.2, 0) is 16.2 Å². The number of nitrogens with one attached hydrogen (secondary N) is 2. The number of carbonyl (C=O) groups is 1. The molecule has 1 aliphatic rings. The van der Waals surface area contributed by atoms with Gasteiger partial charge in [0.2, 0.25) is 5.13 Å². The maximum absolute atomic E-state index is 11.9. The maximum Gasteiger partial charge on any atom is 0.309 e. The van der Waals surface area contributed by atoms with E-state index in [1.807, 2.05) is 17.7 Å². The Morgan fingerprint density at radius 2 is 2.15 bits per heavy atom. The fourth-order valence-electron chi connectivity index (χ4n) is 3.35. The summed E-state index contributed by atoms with van der Waals surface area (Å²) in [4.78, 5) is 13.3. The van der Waals surface area contributed by atoms with Crippen molar-refractivity contribution in [1.29, 1.82) is 0 Å². The lowest BCUT2D eigenvalue weighted by atomic mass is 9.97. The summed E-state index contributed by atoms with van der Waals surface area (Å²) in [5.74, 6) is -0.0135. The second kappa shape index (κ2) is 8.95. The molecule has 6 nitrogen and oxygen atoms in total. The summed E-state index contributed by atoms with van der Waals surface area (Å²) < 4.78 is 7.81. The van der Waals surface area contributed by atoms with E-state index in [9.17, 15) is 4.79 Å². The van der Waals surface area contributed by atoms with Gasteiger partial charge in [0.05, 0.1) is 25.6 Å². The molecule has 1 aliphatic heterocycles. The predicted octanol–water partition coefficient (Wildman–Crippen LogP) is 2.85. The number of ether oxygens (including phenoxy) is 1. The number of likely N-dealkylation sites (tertiary alicyclic amines) is 1. The van der Waals surface area contributed by atoms with Gasteiger partial charge < -0.3 is 15.0 Å². The zero-order chi connectivity index (χ0) is 19.4. The SMILES string of the molecule is CCOC(=O)C1CC[NH+](Cn2nc(Nc3cccc(C)c3C)sc2=S)CC1. The Morgan fingerprint density at radius 1 is 1.41 bits per heavy atom. The zero-order valence-corrected chi connectivity index (χ0v) is 17.7. The second-order valence-electron chi connectivity index (χ2n) is 6.98. The molecule has 1 aromatic carbocycles. The summed E-state index contributed by atoms with van der Waals surface area (Å²) in [6.07, 6.45) is 1.72. The van der Waals surface area contributed by atoms with Crippen LogP contribution in [0.1, 0.15) is 30.9 Å². The first-order valence-corrected chi connectivity index (χ1v) is 10.6. The Morgan fingerprint density at radius 3 is 2.85 bits per heavy atom. The van der Waals surface area contributed by atoms with E-state index in [2.05, 4.69) is 36.4 Å². The summed E-state index contributed by atoms with van der Waals surface area (Å²) >= 11 is 7.00. The number of nitrogens with zero attached hydrogens (tertiary/aromatic N) is 2. The van der Waals surface area contributed by atoms with Crippen molar-refractivity contribution in [2.75, 3.05) is 25.0 Å². The Kier molecular flexibility index (Phi) is 6.62. The molecule has 0 aliphatic carbocycles. The monoisotopic (exact) mass is 407 g/mol. The van der Waals surface area contributed by atoms with E-state index in [0.717, 1.165) is 47.4 Å². The van der Waals surface area contributed by atoms with Gasteiger partial charge in [0.15, 0.2) is 10.6 Å². The van der Waals surface area contributed by atoms with Gasteiger partial charge in [0, 0.05) is 18.5 Å². The van der Waals surface area contributed by atoms with E-state index < -0.39 is 0 Å². The summed E-state index contributed by atoms with van der Waals surface area (Å²) in [6.45, 7) is 9.11. The molecule has 3 rings (SSSR count). The van der Waals surface area contributed by atoms with Crippen molar-refractivity contribution in [2.45, 2.75) is 40.3 Å². The molecule has 2 N–H and O–H groups in total. The lowest BCUT2D eigenvalue weighted by molar-refractivity contribution is -0.928. The third-order valence-corrected chi connectivity index (χ3v) is 6.36. The average molecular weight is 408 g/mol. The molecular weight excluding hydrogens is 380 g/mol. The molecule has 0 saturated carbocycles. The van der Waals surface area contributed by atoms with Crippen LogP contribution in [0.25, 0.3) is 0 Å². The lowest BCUT2D eigenvalue weighted by Gasteiger charge is -2.27. The number of quaternary nitrogens is 1. The smallest absolute Gasteiger partial charge is 0.309 e. The minimum atomic E-state index is -0.0539. The molecule has 1 saturated heterocycles. The average Bonchev–Trinajstić information content (AvgIpc) is 2.99. The normalized spacial score (nSPS) is 19.7. The van der Waals surface area contributed by atoms with Crippen molar-refractivity contribution in [3.8, 4) is 0 Å². The van der Waals surface area contributed by atoms with Crippen molar-refractivity contribution >= 4 is 40.3 Å². The Bertz CT molecular complexity index is 854. The van der Waals surface area contributed by atoms with E-state index >= 15 is 0 Å². The van der Waals surface area contributed by atoms with Crippen molar-refractivity contribution in [3.63, 3.8) is 0 Å². The highest BCUT2D eigenvalue weighted by Gasteiger charge is 2.28. The molecule has 1 fully saturated rings. The van der Waals surface area contributed by atoms with E-state index in [-0.39, 0.29) is 11.9 Å². The maximum atomic E-state index is 11.9. The number of rotatable bonds is 6. The van der Waals surface area contributed by atoms with Gasteiger partial charge in [-0.05, 0) is 50.2 Å². The highest BCUT2D eigenvalue weighted by atomic mass is 32.1. The van der Waals surface area contributed by atoms with Crippen LogP contribution in [0.15, 0.2) is 18.2 Å². The molecule has 8 heteroatoms. The van der Waals surface area contributed by atoms with E-state index in [0.29, 0.717) is 6.61 Å². The molecule has 146 valence electrons. The first-order valence-electron chi connectivity index (χ1n) is 9.39. The first-order chi connectivity index (χ1) is 13.0. The Labute approximate surface area is 169 Å². The molecule has 0 unspecified atom stereocenters. The Balaban J connectivity index is 1.60. The van der Waals surface area contributed by atoms with Crippen molar-refractivity contribution in [1.82, 2.24) is 9.78 Å². The third-order valence-electron chi connectivity index (χ3n) is 5.14. The van der Waals surface area contributed by atoms with Gasteiger partial charge in [-0.3, -0.25) is 4.79 Å². The van der Waals surface area contributed by atoms with E-state index in [4.69, 9.17) is 17.0 Å². The van der Waals surface area contributed by atoms with Gasteiger partial charge in [0.25, 0.3) is 0 Å². The van der Waals surface area contributed by atoms with Crippen LogP contribution in [0.5, 0.6) is 0 Å². The number of anilines is 2. The number of esters is 1. The molecule has 0 amide bonds. The molecule has 0 atom stereocenters. The van der Waals surface area contributed by atoms with Crippen LogP contribution in [-0.4, -0.2) is 35.4 Å². The van der Waals surface area contributed by atoms with Crippen LogP contribution >= 0.6 is 23.6 Å². The van der Waals surface area contributed by atoms with Crippen molar-refractivity contribution < 1.29 is 14.4 Å². The number of carbonyl (C=O) groups excluding carboxylic acids is 1. The predicted molar refractivity (Wildman–Crippen MR) is 110 cm³/mol. The highest BCUT2D eigenvalue weighted by Crippen LogP contribution is 2.24. The quantitative estimate of drug-likeness (QED) is 0.570. The van der Waals surface area contributed by atoms with Gasteiger partial charge in [0.1, 0.15) is 0 Å². The van der Waals surface area contributed by atoms with E-state index in [1.165, 1.54) is 27.4 Å². The van der Waals surface area contributed by atoms with E-state index in [1.54, 1.807) is 0 Å². The summed E-state index contributed by atoms with van der Waals surface area (Å²) in [7, 11) is 0. The minimum absolute atomic E-state index is 0.0404. The molecule has 1 aromatic heterocycles. The molecule has 2 aromatic rings. The molecule has 0 spiro atoms. The number of hydrogen-bond donors (Lipinski definition) is 2. The molecule has 0 radical (unpaired) electrons. The van der Waals surface area contributed by atoms with Crippen LogP contribution in [0.3, 0.4) is 0 Å². The van der Waals surface area contributed by atoms with Gasteiger partial charge in [-0.1, -0.05) is 23.5 Å². The molecule has 2 heterocycles. The van der Waals surface area contributed by atoms with Crippen LogP contribution in [0.4, 0.5) is 10.8 Å². The number of benzene rings is 1. The zero-order valence-electron chi connectivity index (χ0n) is 16.1. The van der Waals surface area contributed by atoms with Crippen LogP contribution in [0, 0.1) is 23.7 Å². The third kappa shape index (κ3) is 4.94. The number of aryl methyl sites for hydroxylation is 1. The number of piperidine rings is 1. The molecule has 0 bridgehead atoms. The lowest BCUT2D eigenvalue weighted by Crippen LogP contribution is -3.12. The largest absolute Gasteiger partial charge is 0.466 e.